The monoisotopic (exact) mass is 415 g/mol. The van der Waals surface area contributed by atoms with Crippen LogP contribution in [0.15, 0.2) is 29.6 Å². The molecule has 1 fully saturated rings. The van der Waals surface area contributed by atoms with E-state index in [1.807, 2.05) is 0 Å². The first kappa shape index (κ1) is 20.8. The lowest BCUT2D eigenvalue weighted by Crippen LogP contribution is -2.39. The number of urea groups is 1. The first-order valence-corrected chi connectivity index (χ1v) is 10.6. The molecule has 1 aliphatic rings. The average molecular weight is 416 g/mol. The minimum absolute atomic E-state index is 0.107. The summed E-state index contributed by atoms with van der Waals surface area (Å²) < 4.78 is 0. The first-order chi connectivity index (χ1) is 14.0. The predicted octanol–water partition coefficient (Wildman–Crippen LogP) is 3.74. The van der Waals surface area contributed by atoms with Crippen molar-refractivity contribution in [2.24, 2.45) is 0 Å². The number of thiazole rings is 1. The minimum Gasteiger partial charge on any atom is -0.335 e. The van der Waals surface area contributed by atoms with Gasteiger partial charge in [-0.3, -0.25) is 14.9 Å². The molecule has 0 aliphatic heterocycles. The van der Waals surface area contributed by atoms with E-state index < -0.39 is 0 Å². The van der Waals surface area contributed by atoms with E-state index in [0.29, 0.717) is 22.2 Å². The van der Waals surface area contributed by atoms with Gasteiger partial charge < -0.3 is 16.0 Å². The summed E-state index contributed by atoms with van der Waals surface area (Å²) in [6.45, 7) is 1.44. The lowest BCUT2D eigenvalue weighted by molar-refractivity contribution is -0.116. The average Bonchev–Trinajstić information content (AvgIpc) is 3.10. The number of hydrogen-bond donors (Lipinski definition) is 4. The van der Waals surface area contributed by atoms with Crippen LogP contribution in [0.25, 0.3) is 0 Å². The Balaban J connectivity index is 1.45. The van der Waals surface area contributed by atoms with Gasteiger partial charge in [-0.05, 0) is 37.1 Å². The molecule has 1 aromatic carbocycles. The number of nitrogens with zero attached hydrogens (tertiary/aromatic N) is 1. The van der Waals surface area contributed by atoms with Crippen LogP contribution in [0.3, 0.4) is 0 Å². The Morgan fingerprint density at radius 2 is 1.66 bits per heavy atom. The molecule has 0 saturated heterocycles. The molecular formula is C20H25N5O3S. The van der Waals surface area contributed by atoms with Crippen molar-refractivity contribution in [3.8, 4) is 0 Å². The molecule has 29 heavy (non-hydrogen) atoms. The van der Waals surface area contributed by atoms with Crippen molar-refractivity contribution in [2.45, 2.75) is 51.5 Å². The summed E-state index contributed by atoms with van der Waals surface area (Å²) in [5.41, 5.74) is 1.89. The third-order valence-corrected chi connectivity index (χ3v) is 5.35. The highest BCUT2D eigenvalue weighted by Crippen LogP contribution is 2.19. The summed E-state index contributed by atoms with van der Waals surface area (Å²) in [7, 11) is 0. The maximum atomic E-state index is 12.2. The quantitative estimate of drug-likeness (QED) is 0.576. The first-order valence-electron chi connectivity index (χ1n) is 9.67. The van der Waals surface area contributed by atoms with Gasteiger partial charge in [0.1, 0.15) is 0 Å². The van der Waals surface area contributed by atoms with Gasteiger partial charge in [0, 0.05) is 29.7 Å². The van der Waals surface area contributed by atoms with Crippen molar-refractivity contribution in [2.75, 3.05) is 16.0 Å². The van der Waals surface area contributed by atoms with E-state index in [0.717, 1.165) is 25.7 Å². The van der Waals surface area contributed by atoms with Crippen molar-refractivity contribution in [3.63, 3.8) is 0 Å². The molecule has 4 amide bonds. The third-order valence-electron chi connectivity index (χ3n) is 4.54. The van der Waals surface area contributed by atoms with Gasteiger partial charge in [-0.15, -0.1) is 11.3 Å². The normalized spacial score (nSPS) is 14.1. The second kappa shape index (κ2) is 10.0. The van der Waals surface area contributed by atoms with E-state index in [4.69, 9.17) is 0 Å². The molecule has 1 saturated carbocycles. The molecule has 154 valence electrons. The Bertz CT molecular complexity index is 859. The van der Waals surface area contributed by atoms with Crippen LogP contribution in [-0.2, 0) is 16.0 Å². The molecule has 3 rings (SSSR count). The van der Waals surface area contributed by atoms with Gasteiger partial charge in [0.25, 0.3) is 0 Å². The fourth-order valence-corrected chi connectivity index (χ4v) is 3.93. The van der Waals surface area contributed by atoms with E-state index in [2.05, 4.69) is 26.3 Å². The van der Waals surface area contributed by atoms with E-state index in [-0.39, 0.29) is 30.3 Å². The van der Waals surface area contributed by atoms with Crippen LogP contribution in [0.5, 0.6) is 0 Å². The summed E-state index contributed by atoms with van der Waals surface area (Å²) >= 11 is 1.29. The van der Waals surface area contributed by atoms with Crippen LogP contribution < -0.4 is 21.3 Å². The number of carbonyl (C=O) groups excluding carboxylic acids is 3. The zero-order valence-electron chi connectivity index (χ0n) is 16.3. The molecule has 4 N–H and O–H groups in total. The molecule has 0 radical (unpaired) electrons. The highest BCUT2D eigenvalue weighted by Gasteiger charge is 2.16. The van der Waals surface area contributed by atoms with E-state index >= 15 is 0 Å². The molecule has 2 aromatic rings. The maximum Gasteiger partial charge on any atom is 0.321 e. The van der Waals surface area contributed by atoms with Gasteiger partial charge >= 0.3 is 6.03 Å². The Labute approximate surface area is 173 Å². The van der Waals surface area contributed by atoms with Crippen LogP contribution in [0, 0.1) is 0 Å². The fraction of sp³-hybridized carbons (Fsp3) is 0.400. The van der Waals surface area contributed by atoms with Crippen LogP contribution in [0.4, 0.5) is 21.3 Å². The lowest BCUT2D eigenvalue weighted by atomic mass is 9.96. The minimum atomic E-state index is -0.249. The summed E-state index contributed by atoms with van der Waals surface area (Å²) in [6, 6.07) is 6.84. The molecule has 9 heteroatoms. The summed E-state index contributed by atoms with van der Waals surface area (Å²) in [6.07, 6.45) is 5.67. The summed E-state index contributed by atoms with van der Waals surface area (Å²) in [5.74, 6) is -0.358. The zero-order chi connectivity index (χ0) is 20.6. The van der Waals surface area contributed by atoms with Crippen molar-refractivity contribution in [1.29, 1.82) is 0 Å². The summed E-state index contributed by atoms with van der Waals surface area (Å²) in [5, 5.41) is 13.4. The van der Waals surface area contributed by atoms with Crippen molar-refractivity contribution in [3.05, 3.63) is 35.3 Å². The third kappa shape index (κ3) is 6.86. The van der Waals surface area contributed by atoms with Gasteiger partial charge in [-0.25, -0.2) is 9.78 Å². The molecule has 0 unspecified atom stereocenters. The Hall–Kier alpha value is -2.94. The van der Waals surface area contributed by atoms with Crippen LogP contribution in [-0.4, -0.2) is 28.9 Å². The molecule has 0 bridgehead atoms. The number of hydrogen-bond acceptors (Lipinski definition) is 5. The zero-order valence-corrected chi connectivity index (χ0v) is 17.1. The Morgan fingerprint density at radius 1 is 1.00 bits per heavy atom. The van der Waals surface area contributed by atoms with Gasteiger partial charge in [0.15, 0.2) is 5.13 Å². The van der Waals surface area contributed by atoms with Crippen LogP contribution in [0.2, 0.25) is 0 Å². The molecule has 1 aliphatic carbocycles. The van der Waals surface area contributed by atoms with Crippen molar-refractivity contribution < 1.29 is 14.4 Å². The Kier molecular flexibility index (Phi) is 7.18. The molecule has 1 heterocycles. The van der Waals surface area contributed by atoms with Gasteiger partial charge in [0.2, 0.25) is 11.8 Å². The predicted molar refractivity (Wildman–Crippen MR) is 114 cm³/mol. The number of nitrogens with one attached hydrogen (secondary N) is 4. The lowest BCUT2D eigenvalue weighted by Gasteiger charge is -2.22. The van der Waals surface area contributed by atoms with Gasteiger partial charge in [-0.1, -0.05) is 19.3 Å². The molecule has 0 atom stereocenters. The highest BCUT2D eigenvalue weighted by atomic mass is 32.1. The van der Waals surface area contributed by atoms with E-state index in [1.165, 1.54) is 24.7 Å². The molecule has 0 spiro atoms. The largest absolute Gasteiger partial charge is 0.335 e. The second-order valence-electron chi connectivity index (χ2n) is 7.06. The standard InChI is InChI=1S/C20H25N5O3S/c1-13(26)21-15-7-9-16(10-8-15)22-18(27)11-17-12-29-20(24-17)25-19(28)23-14-5-3-2-4-6-14/h7-10,12,14H,2-6,11H2,1H3,(H,21,26)(H,22,27)(H2,23,24,25,28). The topological polar surface area (TPSA) is 112 Å². The second-order valence-corrected chi connectivity index (χ2v) is 7.92. The number of carbonyl (C=O) groups is 3. The number of rotatable bonds is 6. The van der Waals surface area contributed by atoms with E-state index in [1.54, 1.807) is 29.6 Å². The maximum absolute atomic E-state index is 12.2. The number of amides is 4. The number of aromatic nitrogens is 1. The molecule has 8 nitrogen and oxygen atoms in total. The van der Waals surface area contributed by atoms with Crippen LogP contribution in [0.1, 0.15) is 44.7 Å². The van der Waals surface area contributed by atoms with Crippen LogP contribution >= 0.6 is 11.3 Å². The van der Waals surface area contributed by atoms with Gasteiger partial charge in [-0.2, -0.15) is 0 Å². The fourth-order valence-electron chi connectivity index (χ4n) is 3.22. The van der Waals surface area contributed by atoms with E-state index in [9.17, 15) is 14.4 Å². The SMILES string of the molecule is CC(=O)Nc1ccc(NC(=O)Cc2csc(NC(=O)NC3CCCCC3)n2)cc1. The van der Waals surface area contributed by atoms with Crippen molar-refractivity contribution in [1.82, 2.24) is 10.3 Å². The van der Waals surface area contributed by atoms with Gasteiger partial charge in [0.05, 0.1) is 12.1 Å². The van der Waals surface area contributed by atoms with Crippen molar-refractivity contribution >= 4 is 45.7 Å². The highest BCUT2D eigenvalue weighted by molar-refractivity contribution is 7.13. The smallest absolute Gasteiger partial charge is 0.321 e. The molecular weight excluding hydrogens is 390 g/mol. The number of benzene rings is 1. The number of anilines is 3. The Morgan fingerprint density at radius 3 is 2.31 bits per heavy atom. The summed E-state index contributed by atoms with van der Waals surface area (Å²) in [4.78, 5) is 39.7. The molecule has 1 aromatic heterocycles.